The van der Waals surface area contributed by atoms with Gasteiger partial charge < -0.3 is 18.9 Å². The fourth-order valence-electron chi connectivity index (χ4n) is 4.80. The number of ether oxygens (including phenoxy) is 4. The minimum Gasteiger partial charge on any atom is -0.494 e. The van der Waals surface area contributed by atoms with Crippen molar-refractivity contribution in [1.82, 2.24) is 0 Å². The van der Waals surface area contributed by atoms with Crippen LogP contribution in [-0.2, 0) is 0 Å². The highest BCUT2D eigenvalue weighted by Gasteiger charge is 2.31. The summed E-state index contributed by atoms with van der Waals surface area (Å²) in [4.78, 5) is 13.2. The zero-order chi connectivity index (χ0) is 27.2. The number of allylic oxidation sites excluding steroid dienone is 3. The SMILES string of the molecule is CCOc1ccc(C(=O)/C=C/C2=C(c3ccc(OC)c(OC)c3)Oc3ccccc3C2c2ccccc2)cc1. The van der Waals surface area contributed by atoms with Gasteiger partial charge in [0.1, 0.15) is 17.3 Å². The van der Waals surface area contributed by atoms with Crippen LogP contribution in [0.5, 0.6) is 23.0 Å². The van der Waals surface area contributed by atoms with E-state index >= 15 is 0 Å². The summed E-state index contributed by atoms with van der Waals surface area (Å²) in [7, 11) is 3.21. The molecule has 1 atom stereocenters. The van der Waals surface area contributed by atoms with Crippen LogP contribution >= 0.6 is 0 Å². The summed E-state index contributed by atoms with van der Waals surface area (Å²) < 4.78 is 23.1. The first kappa shape index (κ1) is 25.9. The van der Waals surface area contributed by atoms with Crippen molar-refractivity contribution in [3.63, 3.8) is 0 Å². The molecule has 0 aliphatic carbocycles. The lowest BCUT2D eigenvalue weighted by Crippen LogP contribution is -2.16. The number of carbonyl (C=O) groups excluding carboxylic acids is 1. The number of carbonyl (C=O) groups is 1. The van der Waals surface area contributed by atoms with E-state index in [-0.39, 0.29) is 11.7 Å². The van der Waals surface area contributed by atoms with Crippen LogP contribution in [0.15, 0.2) is 115 Å². The summed E-state index contributed by atoms with van der Waals surface area (Å²) in [5.41, 5.74) is 4.39. The number of fused-ring (bicyclic) bond motifs is 1. The molecule has 196 valence electrons. The molecule has 1 unspecified atom stereocenters. The molecule has 0 saturated heterocycles. The summed E-state index contributed by atoms with van der Waals surface area (Å²) in [6, 6.07) is 31.1. The second-order valence-electron chi connectivity index (χ2n) is 8.99. The van der Waals surface area contributed by atoms with E-state index in [0.717, 1.165) is 33.8 Å². The van der Waals surface area contributed by atoms with Crippen molar-refractivity contribution >= 4 is 11.5 Å². The van der Waals surface area contributed by atoms with Crippen molar-refractivity contribution in [3.05, 3.63) is 137 Å². The van der Waals surface area contributed by atoms with Gasteiger partial charge in [-0.2, -0.15) is 0 Å². The third-order valence-corrected chi connectivity index (χ3v) is 6.66. The molecule has 1 heterocycles. The van der Waals surface area contributed by atoms with Crippen LogP contribution in [0, 0.1) is 0 Å². The Morgan fingerprint density at radius 3 is 2.28 bits per heavy atom. The average molecular weight is 519 g/mol. The fraction of sp³-hybridized carbons (Fsp3) is 0.147. The highest BCUT2D eigenvalue weighted by atomic mass is 16.5. The number of ketones is 1. The summed E-state index contributed by atoms with van der Waals surface area (Å²) in [5, 5.41) is 0. The predicted molar refractivity (Wildman–Crippen MR) is 153 cm³/mol. The van der Waals surface area contributed by atoms with Gasteiger partial charge in [0.25, 0.3) is 0 Å². The lowest BCUT2D eigenvalue weighted by molar-refractivity contribution is 0.104. The normalized spacial score (nSPS) is 14.5. The molecule has 0 fully saturated rings. The number of methoxy groups -OCH3 is 2. The van der Waals surface area contributed by atoms with Crippen molar-refractivity contribution in [2.24, 2.45) is 0 Å². The van der Waals surface area contributed by atoms with Gasteiger partial charge in [-0.1, -0.05) is 54.6 Å². The summed E-state index contributed by atoms with van der Waals surface area (Å²) in [6.45, 7) is 2.50. The summed E-state index contributed by atoms with van der Waals surface area (Å²) in [6.07, 6.45) is 3.48. The number of rotatable bonds is 9. The van der Waals surface area contributed by atoms with E-state index in [1.807, 2.05) is 79.7 Å². The minimum atomic E-state index is -0.149. The Balaban J connectivity index is 1.65. The Morgan fingerprint density at radius 2 is 1.56 bits per heavy atom. The maximum atomic E-state index is 13.2. The van der Waals surface area contributed by atoms with E-state index in [9.17, 15) is 4.79 Å². The number of para-hydroxylation sites is 1. The monoisotopic (exact) mass is 518 g/mol. The Bertz CT molecular complexity index is 1520. The van der Waals surface area contributed by atoms with Crippen LogP contribution in [0.3, 0.4) is 0 Å². The van der Waals surface area contributed by atoms with Gasteiger partial charge in [-0.25, -0.2) is 0 Å². The Kier molecular flexibility index (Phi) is 7.78. The van der Waals surface area contributed by atoms with Gasteiger partial charge in [-0.05, 0) is 67.1 Å². The quantitative estimate of drug-likeness (QED) is 0.170. The highest BCUT2D eigenvalue weighted by molar-refractivity contribution is 6.05. The molecular weight excluding hydrogens is 488 g/mol. The fourth-order valence-corrected chi connectivity index (χ4v) is 4.80. The number of hydrogen-bond acceptors (Lipinski definition) is 5. The summed E-state index contributed by atoms with van der Waals surface area (Å²) in [5.74, 6) is 3.12. The van der Waals surface area contributed by atoms with Crippen LogP contribution in [0.4, 0.5) is 0 Å². The maximum absolute atomic E-state index is 13.2. The standard InChI is InChI=1S/C34H30O5/c1-4-38-26-17-14-23(15-18-26)29(35)20-19-28-33(24-10-6-5-7-11-24)27-12-8-9-13-30(27)39-34(28)25-16-21-31(36-2)32(22-25)37-3/h5-22,33H,4H2,1-3H3/b20-19+. The van der Waals surface area contributed by atoms with E-state index in [4.69, 9.17) is 18.9 Å². The molecule has 0 bridgehead atoms. The second-order valence-corrected chi connectivity index (χ2v) is 8.99. The van der Waals surface area contributed by atoms with Gasteiger partial charge in [0.15, 0.2) is 17.3 Å². The van der Waals surface area contributed by atoms with Gasteiger partial charge in [0.2, 0.25) is 0 Å². The molecule has 4 aromatic rings. The summed E-state index contributed by atoms with van der Waals surface area (Å²) >= 11 is 0. The lowest BCUT2D eigenvalue weighted by atomic mass is 9.81. The first-order valence-corrected chi connectivity index (χ1v) is 12.9. The van der Waals surface area contributed by atoms with E-state index in [2.05, 4.69) is 18.2 Å². The molecule has 4 aromatic carbocycles. The smallest absolute Gasteiger partial charge is 0.185 e. The number of hydrogen-bond donors (Lipinski definition) is 0. The van der Waals surface area contributed by atoms with Crippen molar-refractivity contribution in [3.8, 4) is 23.0 Å². The van der Waals surface area contributed by atoms with Gasteiger partial charge in [-0.3, -0.25) is 4.79 Å². The average Bonchev–Trinajstić information content (AvgIpc) is 2.99. The zero-order valence-electron chi connectivity index (χ0n) is 22.2. The second kappa shape index (κ2) is 11.7. The van der Waals surface area contributed by atoms with Crippen LogP contribution in [-0.4, -0.2) is 26.6 Å². The van der Waals surface area contributed by atoms with E-state index in [1.54, 1.807) is 32.4 Å². The first-order valence-electron chi connectivity index (χ1n) is 12.9. The van der Waals surface area contributed by atoms with Gasteiger partial charge in [-0.15, -0.1) is 0 Å². The third kappa shape index (κ3) is 5.43. The zero-order valence-corrected chi connectivity index (χ0v) is 22.2. The topological polar surface area (TPSA) is 54.0 Å². The third-order valence-electron chi connectivity index (χ3n) is 6.66. The highest BCUT2D eigenvalue weighted by Crippen LogP contribution is 2.47. The molecule has 0 aromatic heterocycles. The Hall–Kier alpha value is -4.77. The molecule has 5 rings (SSSR count). The molecule has 39 heavy (non-hydrogen) atoms. The molecule has 0 saturated carbocycles. The van der Waals surface area contributed by atoms with E-state index in [1.165, 1.54) is 0 Å². The van der Waals surface area contributed by atoms with Crippen molar-refractivity contribution < 1.29 is 23.7 Å². The van der Waals surface area contributed by atoms with Crippen LogP contribution in [0.25, 0.3) is 5.76 Å². The molecule has 5 nitrogen and oxygen atoms in total. The lowest BCUT2D eigenvalue weighted by Gasteiger charge is -2.30. The Labute approximate surface area is 228 Å². The van der Waals surface area contributed by atoms with E-state index < -0.39 is 0 Å². The van der Waals surface area contributed by atoms with Crippen molar-refractivity contribution in [2.45, 2.75) is 12.8 Å². The van der Waals surface area contributed by atoms with Gasteiger partial charge in [0, 0.05) is 28.2 Å². The molecule has 1 aliphatic rings. The molecule has 0 spiro atoms. The molecule has 0 amide bonds. The van der Waals surface area contributed by atoms with E-state index in [0.29, 0.717) is 29.4 Å². The molecule has 5 heteroatoms. The molecule has 1 aliphatic heterocycles. The van der Waals surface area contributed by atoms with Gasteiger partial charge >= 0.3 is 0 Å². The molecule has 0 radical (unpaired) electrons. The predicted octanol–water partition coefficient (Wildman–Crippen LogP) is 7.48. The van der Waals surface area contributed by atoms with Gasteiger partial charge in [0.05, 0.1) is 20.8 Å². The Morgan fingerprint density at radius 1 is 0.846 bits per heavy atom. The van der Waals surface area contributed by atoms with Crippen LogP contribution in [0.2, 0.25) is 0 Å². The van der Waals surface area contributed by atoms with Crippen molar-refractivity contribution in [1.29, 1.82) is 0 Å². The number of benzene rings is 4. The first-order chi connectivity index (χ1) is 19.1. The molecular formula is C34H30O5. The minimum absolute atomic E-state index is 0.108. The van der Waals surface area contributed by atoms with Crippen LogP contribution in [0.1, 0.15) is 39.9 Å². The van der Waals surface area contributed by atoms with Crippen LogP contribution < -0.4 is 18.9 Å². The largest absolute Gasteiger partial charge is 0.494 e. The maximum Gasteiger partial charge on any atom is 0.185 e. The van der Waals surface area contributed by atoms with Crippen molar-refractivity contribution in [2.75, 3.05) is 20.8 Å². The molecule has 0 N–H and O–H groups in total.